The Morgan fingerprint density at radius 2 is 2.04 bits per heavy atom. The van der Waals surface area contributed by atoms with Crippen LogP contribution in [0.4, 0.5) is 0 Å². The fourth-order valence-electron chi connectivity index (χ4n) is 2.45. The average molecular weight is 342 g/mol. The molecule has 1 unspecified atom stereocenters. The van der Waals surface area contributed by atoms with Crippen molar-refractivity contribution in [3.63, 3.8) is 0 Å². The summed E-state index contributed by atoms with van der Waals surface area (Å²) in [7, 11) is -0.394. The minimum absolute atomic E-state index is 0.182. The Bertz CT molecular complexity index is 630. The number of carbonyl (C=O) groups excluding carboxylic acids is 1. The van der Waals surface area contributed by atoms with Crippen LogP contribution >= 0.6 is 0 Å². The van der Waals surface area contributed by atoms with E-state index >= 15 is 0 Å². The number of nitrogens with one attached hydrogen (secondary N) is 1. The van der Waals surface area contributed by atoms with Gasteiger partial charge in [-0.1, -0.05) is 0 Å². The molecule has 1 heterocycles. The third-order valence-electron chi connectivity index (χ3n) is 3.84. The molecule has 0 bridgehead atoms. The number of nitrogens with zero attached hydrogens (tertiary/aromatic N) is 1. The van der Waals surface area contributed by atoms with Gasteiger partial charge in [0.25, 0.3) is 0 Å². The molecule has 0 spiro atoms. The smallest absolute Gasteiger partial charge is 0.343 e. The number of rotatable bonds is 6. The number of benzene rings is 1. The molecule has 8 heteroatoms. The SMILES string of the molecule is CNC1CCCN(S(=O)(=O)c2ccc(OCC(=O)OC)cc2)C1. The summed E-state index contributed by atoms with van der Waals surface area (Å²) in [6, 6.07) is 6.24. The van der Waals surface area contributed by atoms with E-state index in [2.05, 4.69) is 10.1 Å². The third-order valence-corrected chi connectivity index (χ3v) is 5.72. The largest absolute Gasteiger partial charge is 0.482 e. The molecule has 1 fully saturated rings. The molecule has 0 aromatic heterocycles. The number of hydrogen-bond acceptors (Lipinski definition) is 6. The Morgan fingerprint density at radius 3 is 2.65 bits per heavy atom. The zero-order chi connectivity index (χ0) is 16.9. The number of methoxy groups -OCH3 is 1. The summed E-state index contributed by atoms with van der Waals surface area (Å²) in [5, 5.41) is 3.13. The zero-order valence-corrected chi connectivity index (χ0v) is 14.1. The van der Waals surface area contributed by atoms with E-state index in [-0.39, 0.29) is 17.5 Å². The van der Waals surface area contributed by atoms with Crippen molar-refractivity contribution >= 4 is 16.0 Å². The molecule has 1 aromatic rings. The van der Waals surface area contributed by atoms with Crippen molar-refractivity contribution in [2.45, 2.75) is 23.8 Å². The third kappa shape index (κ3) is 4.43. The van der Waals surface area contributed by atoms with Crippen LogP contribution in [-0.2, 0) is 19.6 Å². The summed E-state index contributed by atoms with van der Waals surface area (Å²) < 4.78 is 36.5. The minimum Gasteiger partial charge on any atom is -0.482 e. The van der Waals surface area contributed by atoms with Crippen molar-refractivity contribution < 1.29 is 22.7 Å². The normalized spacial score (nSPS) is 19.3. The van der Waals surface area contributed by atoms with Gasteiger partial charge in [0, 0.05) is 19.1 Å². The van der Waals surface area contributed by atoms with Gasteiger partial charge in [-0.25, -0.2) is 13.2 Å². The molecule has 1 aliphatic heterocycles. The second-order valence-corrected chi connectivity index (χ2v) is 7.27. The lowest BCUT2D eigenvalue weighted by molar-refractivity contribution is -0.142. The summed E-state index contributed by atoms with van der Waals surface area (Å²) in [4.78, 5) is 11.2. The van der Waals surface area contributed by atoms with E-state index in [1.807, 2.05) is 7.05 Å². The molecule has 0 saturated carbocycles. The highest BCUT2D eigenvalue weighted by molar-refractivity contribution is 7.89. The number of carbonyl (C=O) groups is 1. The molecule has 128 valence electrons. The van der Waals surface area contributed by atoms with Gasteiger partial charge in [-0.3, -0.25) is 0 Å². The van der Waals surface area contributed by atoms with Crippen molar-refractivity contribution in [3.05, 3.63) is 24.3 Å². The van der Waals surface area contributed by atoms with Gasteiger partial charge in [-0.15, -0.1) is 0 Å². The van der Waals surface area contributed by atoms with Gasteiger partial charge in [0.2, 0.25) is 10.0 Å². The van der Waals surface area contributed by atoms with E-state index in [1.54, 1.807) is 0 Å². The second-order valence-electron chi connectivity index (χ2n) is 5.33. The van der Waals surface area contributed by atoms with Crippen LogP contribution in [0.25, 0.3) is 0 Å². The molecule has 0 radical (unpaired) electrons. The Labute approximate surface area is 136 Å². The van der Waals surface area contributed by atoms with Gasteiger partial charge in [-0.05, 0) is 44.2 Å². The first-order valence-electron chi connectivity index (χ1n) is 7.44. The summed E-state index contributed by atoms with van der Waals surface area (Å²) in [6.45, 7) is 0.791. The first-order valence-corrected chi connectivity index (χ1v) is 8.88. The van der Waals surface area contributed by atoms with Crippen LogP contribution in [0.3, 0.4) is 0 Å². The van der Waals surface area contributed by atoms with Gasteiger partial charge >= 0.3 is 5.97 Å². The van der Waals surface area contributed by atoms with E-state index < -0.39 is 16.0 Å². The summed E-state index contributed by atoms with van der Waals surface area (Å²) in [5.74, 6) is -0.0748. The minimum atomic E-state index is -3.51. The van der Waals surface area contributed by atoms with E-state index in [1.165, 1.54) is 35.7 Å². The zero-order valence-electron chi connectivity index (χ0n) is 13.3. The molecule has 0 amide bonds. The lowest BCUT2D eigenvalue weighted by Crippen LogP contribution is -2.46. The van der Waals surface area contributed by atoms with E-state index in [9.17, 15) is 13.2 Å². The molecule has 1 saturated heterocycles. The first-order chi connectivity index (χ1) is 11.0. The Hall–Kier alpha value is -1.64. The number of likely N-dealkylation sites (N-methyl/N-ethyl adjacent to an activating group) is 1. The van der Waals surface area contributed by atoms with E-state index in [4.69, 9.17) is 4.74 Å². The number of ether oxygens (including phenoxy) is 2. The first kappa shape index (κ1) is 17.7. The number of hydrogen-bond donors (Lipinski definition) is 1. The molecule has 2 rings (SSSR count). The van der Waals surface area contributed by atoms with Gasteiger partial charge in [-0.2, -0.15) is 4.31 Å². The van der Waals surface area contributed by atoms with Crippen molar-refractivity contribution in [2.75, 3.05) is 33.9 Å². The molecular formula is C15H22N2O5S. The molecule has 1 aliphatic rings. The van der Waals surface area contributed by atoms with Crippen LogP contribution in [0, 0.1) is 0 Å². The summed E-state index contributed by atoms with van der Waals surface area (Å²) in [5.41, 5.74) is 0. The highest BCUT2D eigenvalue weighted by Gasteiger charge is 2.29. The Balaban J connectivity index is 2.06. The fraction of sp³-hybridized carbons (Fsp3) is 0.533. The van der Waals surface area contributed by atoms with Crippen molar-refractivity contribution in [3.8, 4) is 5.75 Å². The lowest BCUT2D eigenvalue weighted by Gasteiger charge is -2.31. The summed E-state index contributed by atoms with van der Waals surface area (Å²) in [6.07, 6.45) is 1.81. The molecule has 1 aromatic carbocycles. The van der Waals surface area contributed by atoms with Crippen LogP contribution in [0.1, 0.15) is 12.8 Å². The maximum atomic E-state index is 12.7. The number of sulfonamides is 1. The van der Waals surface area contributed by atoms with E-state index in [0.717, 1.165) is 12.8 Å². The van der Waals surface area contributed by atoms with Crippen LogP contribution in [0.2, 0.25) is 0 Å². The highest BCUT2D eigenvalue weighted by Crippen LogP contribution is 2.22. The number of esters is 1. The average Bonchev–Trinajstić information content (AvgIpc) is 2.60. The summed E-state index contributed by atoms with van der Waals surface area (Å²) >= 11 is 0. The van der Waals surface area contributed by atoms with Gasteiger partial charge in [0.1, 0.15) is 5.75 Å². The lowest BCUT2D eigenvalue weighted by atomic mass is 10.1. The standard InChI is InChI=1S/C15H22N2O5S/c1-16-12-4-3-9-17(10-12)23(19,20)14-7-5-13(6-8-14)22-11-15(18)21-2/h5-8,12,16H,3-4,9-11H2,1-2H3. The van der Waals surface area contributed by atoms with Crippen LogP contribution in [0.15, 0.2) is 29.2 Å². The van der Waals surface area contributed by atoms with Crippen molar-refractivity contribution in [1.82, 2.24) is 9.62 Å². The van der Waals surface area contributed by atoms with Gasteiger partial charge < -0.3 is 14.8 Å². The molecule has 1 N–H and O–H groups in total. The number of piperidine rings is 1. The fourth-order valence-corrected chi connectivity index (χ4v) is 3.98. The predicted octanol–water partition coefficient (Wildman–Crippen LogP) is 0.611. The van der Waals surface area contributed by atoms with Crippen LogP contribution < -0.4 is 10.1 Å². The maximum Gasteiger partial charge on any atom is 0.343 e. The van der Waals surface area contributed by atoms with E-state index in [0.29, 0.717) is 18.8 Å². The molecular weight excluding hydrogens is 320 g/mol. The highest BCUT2D eigenvalue weighted by atomic mass is 32.2. The quantitative estimate of drug-likeness (QED) is 0.763. The maximum absolute atomic E-state index is 12.7. The molecule has 7 nitrogen and oxygen atoms in total. The van der Waals surface area contributed by atoms with Gasteiger partial charge in [0.15, 0.2) is 6.61 Å². The Morgan fingerprint density at radius 1 is 1.35 bits per heavy atom. The van der Waals surface area contributed by atoms with Crippen molar-refractivity contribution in [1.29, 1.82) is 0 Å². The molecule has 1 atom stereocenters. The monoisotopic (exact) mass is 342 g/mol. The predicted molar refractivity (Wildman–Crippen MR) is 84.8 cm³/mol. The topological polar surface area (TPSA) is 84.9 Å². The van der Waals surface area contributed by atoms with Gasteiger partial charge in [0.05, 0.1) is 12.0 Å². The Kier molecular flexibility index (Phi) is 5.97. The van der Waals surface area contributed by atoms with Crippen LogP contribution in [-0.4, -0.2) is 58.6 Å². The second kappa shape index (κ2) is 7.76. The molecule has 23 heavy (non-hydrogen) atoms. The van der Waals surface area contributed by atoms with Crippen LogP contribution in [0.5, 0.6) is 5.75 Å². The molecule has 0 aliphatic carbocycles. The van der Waals surface area contributed by atoms with Crippen molar-refractivity contribution in [2.24, 2.45) is 0 Å².